The van der Waals surface area contributed by atoms with Gasteiger partial charge in [-0.25, -0.2) is 9.36 Å². The smallest absolute Gasteiger partial charge is 0.352 e. The second-order valence-corrected chi connectivity index (χ2v) is 10.5. The van der Waals surface area contributed by atoms with Crippen LogP contribution in [0.2, 0.25) is 0 Å². The first kappa shape index (κ1) is 25.3. The van der Waals surface area contributed by atoms with Gasteiger partial charge in [0, 0.05) is 34.4 Å². The zero-order valence-corrected chi connectivity index (χ0v) is 21.6. The molecule has 0 spiro atoms. The fourth-order valence-corrected chi connectivity index (χ4v) is 6.27. The number of aliphatic carboxylic acids is 1. The van der Waals surface area contributed by atoms with E-state index in [1.807, 2.05) is 22.9 Å². The van der Waals surface area contributed by atoms with Gasteiger partial charge in [0.15, 0.2) is 24.7 Å². The number of carbonyl (C=O) groups excluding carboxylic acids is 2. The van der Waals surface area contributed by atoms with Crippen LogP contribution in [0.5, 0.6) is 0 Å². The van der Waals surface area contributed by atoms with E-state index in [1.165, 1.54) is 35.1 Å². The second kappa shape index (κ2) is 10.2. The summed E-state index contributed by atoms with van der Waals surface area (Å²) in [5.74, 6) is -1.63. The van der Waals surface area contributed by atoms with E-state index in [4.69, 9.17) is 16.3 Å². The molecular weight excluding hydrogens is 532 g/mol. The van der Waals surface area contributed by atoms with E-state index in [0.29, 0.717) is 27.7 Å². The van der Waals surface area contributed by atoms with Crippen molar-refractivity contribution in [3.8, 4) is 11.3 Å². The monoisotopic (exact) mass is 555 g/mol. The fraction of sp³-hybridized carbons (Fsp3) is 0.217. The summed E-state index contributed by atoms with van der Waals surface area (Å²) in [4.78, 5) is 44.3. The van der Waals surface area contributed by atoms with Crippen LogP contribution >= 0.6 is 23.1 Å². The SMILES string of the molecule is CO/N=C(/C(=O)NC1C(=O)N2C(C(=O)O)=C(C[n+]3cccc(-c4cc(N)n[nH]4)c3)CSC12)c1csc(N)c1. The molecule has 2 aliphatic rings. The Morgan fingerprint density at radius 2 is 2.21 bits per heavy atom. The van der Waals surface area contributed by atoms with Gasteiger partial charge in [-0.1, -0.05) is 5.16 Å². The Labute approximate surface area is 224 Å². The molecular formula is C23H23N8O5S2+. The van der Waals surface area contributed by atoms with Crippen molar-refractivity contribution in [3.63, 3.8) is 0 Å². The van der Waals surface area contributed by atoms with E-state index in [1.54, 1.807) is 23.7 Å². The van der Waals surface area contributed by atoms with Crippen molar-refractivity contribution in [2.24, 2.45) is 5.16 Å². The molecule has 15 heteroatoms. The van der Waals surface area contributed by atoms with Crippen molar-refractivity contribution >= 4 is 57.4 Å². The molecule has 5 heterocycles. The van der Waals surface area contributed by atoms with Crippen molar-refractivity contribution in [1.29, 1.82) is 0 Å². The number of carbonyl (C=O) groups is 3. The molecule has 1 saturated heterocycles. The summed E-state index contributed by atoms with van der Waals surface area (Å²) in [6, 6.07) is 6.07. The molecule has 2 aliphatic heterocycles. The zero-order valence-electron chi connectivity index (χ0n) is 20.0. The van der Waals surface area contributed by atoms with Gasteiger partial charge in [-0.2, -0.15) is 5.10 Å². The number of aromatic amines is 1. The Kier molecular flexibility index (Phi) is 6.77. The lowest BCUT2D eigenvalue weighted by Gasteiger charge is -2.49. The van der Waals surface area contributed by atoms with Gasteiger partial charge in [0.25, 0.3) is 11.8 Å². The number of β-lactam (4-membered cyclic amide) rings is 1. The average Bonchev–Trinajstić information content (AvgIpc) is 3.53. The zero-order chi connectivity index (χ0) is 27.0. The molecule has 13 nitrogen and oxygen atoms in total. The van der Waals surface area contributed by atoms with E-state index in [0.717, 1.165) is 11.3 Å². The van der Waals surface area contributed by atoms with Crippen LogP contribution < -0.4 is 21.4 Å². The molecule has 0 bridgehead atoms. The lowest BCUT2D eigenvalue weighted by atomic mass is 10.0. The quantitative estimate of drug-likeness (QED) is 0.113. The Hall–Kier alpha value is -4.37. The predicted octanol–water partition coefficient (Wildman–Crippen LogP) is 0.379. The number of oxime groups is 1. The highest BCUT2D eigenvalue weighted by Gasteiger charge is 2.54. The first-order chi connectivity index (χ1) is 18.3. The van der Waals surface area contributed by atoms with Crippen molar-refractivity contribution < 1.29 is 28.9 Å². The highest BCUT2D eigenvalue weighted by atomic mass is 32.2. The van der Waals surface area contributed by atoms with Crippen LogP contribution in [0, 0.1) is 0 Å². The van der Waals surface area contributed by atoms with Gasteiger partial charge in [0.1, 0.15) is 30.0 Å². The number of thioether (sulfide) groups is 1. The van der Waals surface area contributed by atoms with Crippen LogP contribution in [-0.2, 0) is 25.8 Å². The molecule has 3 aromatic heterocycles. The molecule has 2 amide bonds. The topological polar surface area (TPSA) is 193 Å². The summed E-state index contributed by atoms with van der Waals surface area (Å²) in [6.45, 7) is 0.254. The summed E-state index contributed by atoms with van der Waals surface area (Å²) < 4.78 is 1.83. The van der Waals surface area contributed by atoms with Crippen molar-refractivity contribution in [2.75, 3.05) is 24.3 Å². The van der Waals surface area contributed by atoms with E-state index >= 15 is 0 Å². The molecule has 1 fully saturated rings. The number of pyridine rings is 1. The molecule has 0 aliphatic carbocycles. The summed E-state index contributed by atoms with van der Waals surface area (Å²) in [6.07, 6.45) is 3.65. The number of aromatic nitrogens is 3. The maximum Gasteiger partial charge on any atom is 0.352 e. The summed E-state index contributed by atoms with van der Waals surface area (Å²) in [5, 5.41) is 24.8. The van der Waals surface area contributed by atoms with Crippen LogP contribution in [0.15, 0.2) is 58.5 Å². The van der Waals surface area contributed by atoms with Gasteiger partial charge in [-0.15, -0.1) is 23.1 Å². The van der Waals surface area contributed by atoms with E-state index in [9.17, 15) is 19.5 Å². The number of amides is 2. The molecule has 3 aromatic rings. The molecule has 38 heavy (non-hydrogen) atoms. The first-order valence-corrected chi connectivity index (χ1v) is 13.2. The molecule has 7 N–H and O–H groups in total. The Bertz CT molecular complexity index is 1500. The first-order valence-electron chi connectivity index (χ1n) is 11.2. The molecule has 196 valence electrons. The number of nitrogens with zero attached hydrogens (tertiary/aromatic N) is 4. The minimum absolute atomic E-state index is 0.0301. The van der Waals surface area contributed by atoms with Crippen LogP contribution in [0.3, 0.4) is 0 Å². The van der Waals surface area contributed by atoms with Crippen LogP contribution in [0.25, 0.3) is 11.3 Å². The minimum Gasteiger partial charge on any atom is -0.477 e. The summed E-state index contributed by atoms with van der Waals surface area (Å²) in [5.41, 5.74) is 13.9. The Morgan fingerprint density at radius 3 is 2.87 bits per heavy atom. The van der Waals surface area contributed by atoms with Crippen molar-refractivity contribution in [2.45, 2.75) is 18.0 Å². The molecule has 0 saturated carbocycles. The third-order valence-electron chi connectivity index (χ3n) is 5.97. The molecule has 0 aromatic carbocycles. The van der Waals surface area contributed by atoms with Crippen LogP contribution in [-0.4, -0.2) is 68.0 Å². The molecule has 0 radical (unpaired) electrons. The number of carboxylic acids is 1. The number of H-pyrrole nitrogens is 1. The van der Waals surface area contributed by atoms with E-state index < -0.39 is 29.2 Å². The van der Waals surface area contributed by atoms with Gasteiger partial charge in [0.2, 0.25) is 0 Å². The van der Waals surface area contributed by atoms with Gasteiger partial charge < -0.3 is 26.7 Å². The van der Waals surface area contributed by atoms with Gasteiger partial charge >= 0.3 is 5.97 Å². The van der Waals surface area contributed by atoms with Gasteiger partial charge in [-0.05, 0) is 12.1 Å². The van der Waals surface area contributed by atoms with Crippen LogP contribution in [0.4, 0.5) is 10.8 Å². The third-order valence-corrected chi connectivity index (χ3v) is 8.07. The highest BCUT2D eigenvalue weighted by Crippen LogP contribution is 2.40. The maximum atomic E-state index is 13.1. The number of nitrogens with one attached hydrogen (secondary N) is 2. The number of hydrogen-bond donors (Lipinski definition) is 5. The number of carboxylic acid groups (broad SMARTS) is 1. The minimum atomic E-state index is -1.21. The normalized spacial score (nSPS) is 19.1. The second-order valence-electron chi connectivity index (χ2n) is 8.45. The number of nitrogens with two attached hydrogens (primary N) is 2. The predicted molar refractivity (Wildman–Crippen MR) is 141 cm³/mol. The van der Waals surface area contributed by atoms with Crippen molar-refractivity contribution in [3.05, 3.63) is 58.9 Å². The number of anilines is 2. The number of rotatable bonds is 8. The van der Waals surface area contributed by atoms with E-state index in [-0.39, 0.29) is 18.0 Å². The third kappa shape index (κ3) is 4.68. The number of fused-ring (bicyclic) bond motifs is 1. The number of hydrogen-bond acceptors (Lipinski definition) is 10. The molecule has 5 rings (SSSR count). The van der Waals surface area contributed by atoms with Gasteiger partial charge in [-0.3, -0.25) is 19.6 Å². The molecule has 2 unspecified atom stereocenters. The lowest BCUT2D eigenvalue weighted by molar-refractivity contribution is -0.688. The average molecular weight is 556 g/mol. The Balaban J connectivity index is 1.35. The maximum absolute atomic E-state index is 13.1. The molecule has 2 atom stereocenters. The lowest BCUT2D eigenvalue weighted by Crippen LogP contribution is -2.71. The largest absolute Gasteiger partial charge is 0.477 e. The highest BCUT2D eigenvalue weighted by molar-refractivity contribution is 8.00. The Morgan fingerprint density at radius 1 is 1.39 bits per heavy atom. The summed E-state index contributed by atoms with van der Waals surface area (Å²) in [7, 11) is 1.31. The number of nitrogen functional groups attached to an aromatic ring is 2. The van der Waals surface area contributed by atoms with Crippen molar-refractivity contribution in [1.82, 2.24) is 20.4 Å². The van der Waals surface area contributed by atoms with E-state index in [2.05, 4.69) is 20.7 Å². The standard InChI is InChI=1S/C23H22N8O5S2/c1-36-29-17(12-5-16(25)37-9-12)20(32)26-18-21(33)31-19(23(34)35)13(10-38-22(18)31)8-30-4-2-3-11(7-30)14-6-15(24)28-27-14/h2-7,9,18,22H,8,10,25H2,1H3,(H4-,24,26,27,28,29,32,34,35)/p+1. The fourth-order valence-electron chi connectivity index (χ4n) is 4.29. The number of thiophene rings is 1. The van der Waals surface area contributed by atoms with Gasteiger partial charge in [0.05, 0.1) is 16.3 Å². The summed E-state index contributed by atoms with van der Waals surface area (Å²) >= 11 is 2.61. The van der Waals surface area contributed by atoms with Crippen LogP contribution in [0.1, 0.15) is 5.56 Å².